The third-order valence-corrected chi connectivity index (χ3v) is 3.48. The zero-order valence-electron chi connectivity index (χ0n) is 12.1. The van der Waals surface area contributed by atoms with E-state index in [4.69, 9.17) is 9.47 Å². The van der Waals surface area contributed by atoms with Crippen molar-refractivity contribution in [1.29, 1.82) is 0 Å². The predicted octanol–water partition coefficient (Wildman–Crippen LogP) is 4.53. The summed E-state index contributed by atoms with van der Waals surface area (Å²) in [7, 11) is 1.68. The van der Waals surface area contributed by atoms with Crippen LogP contribution in [-0.2, 0) is 4.74 Å². The van der Waals surface area contributed by atoms with Crippen LogP contribution >= 0.6 is 0 Å². The fraction of sp³-hybridized carbons (Fsp3) is 0.158. The monoisotopic (exact) mass is 278 g/mol. The maximum absolute atomic E-state index is 5.64. The summed E-state index contributed by atoms with van der Waals surface area (Å²) >= 11 is 0. The minimum atomic E-state index is 0.574. The van der Waals surface area contributed by atoms with Crippen LogP contribution in [0.25, 0.3) is 21.9 Å². The Bertz CT molecular complexity index is 720. The van der Waals surface area contributed by atoms with Gasteiger partial charge in [-0.15, -0.1) is 0 Å². The van der Waals surface area contributed by atoms with E-state index >= 15 is 0 Å². The van der Waals surface area contributed by atoms with Crippen molar-refractivity contribution in [1.82, 2.24) is 0 Å². The van der Waals surface area contributed by atoms with Crippen LogP contribution in [0, 0.1) is 0 Å². The van der Waals surface area contributed by atoms with E-state index in [1.54, 1.807) is 7.11 Å². The smallest absolute Gasteiger partial charge is 0.120 e. The van der Waals surface area contributed by atoms with Gasteiger partial charge in [0.2, 0.25) is 0 Å². The predicted molar refractivity (Wildman–Crippen MR) is 86.8 cm³/mol. The second kappa shape index (κ2) is 6.42. The summed E-state index contributed by atoms with van der Waals surface area (Å²) in [5.74, 6) is 0.881. The van der Waals surface area contributed by atoms with Crippen molar-refractivity contribution in [3.63, 3.8) is 0 Å². The van der Waals surface area contributed by atoms with Gasteiger partial charge in [0.1, 0.15) is 12.4 Å². The molecule has 3 aromatic rings. The molecule has 0 radical (unpaired) electrons. The highest BCUT2D eigenvalue weighted by atomic mass is 16.5. The molecule has 0 aliphatic rings. The number of fused-ring (bicyclic) bond motifs is 1. The van der Waals surface area contributed by atoms with Crippen LogP contribution in [0.15, 0.2) is 66.7 Å². The first-order valence-corrected chi connectivity index (χ1v) is 7.08. The zero-order chi connectivity index (χ0) is 14.5. The molecule has 3 rings (SSSR count). The molecule has 2 heteroatoms. The Hall–Kier alpha value is -2.32. The summed E-state index contributed by atoms with van der Waals surface area (Å²) in [5.41, 5.74) is 2.47. The van der Waals surface area contributed by atoms with Gasteiger partial charge in [0.25, 0.3) is 0 Å². The highest BCUT2D eigenvalue weighted by molar-refractivity contribution is 5.88. The van der Waals surface area contributed by atoms with Gasteiger partial charge in [0.15, 0.2) is 0 Å². The number of ether oxygens (including phenoxy) is 2. The van der Waals surface area contributed by atoms with Crippen LogP contribution in [-0.4, -0.2) is 20.3 Å². The molecule has 0 aromatic heterocycles. The molecule has 0 atom stereocenters. The highest BCUT2D eigenvalue weighted by Crippen LogP contribution is 2.26. The van der Waals surface area contributed by atoms with Crippen molar-refractivity contribution in [3.8, 4) is 16.9 Å². The molecule has 0 aliphatic carbocycles. The number of hydrogen-bond donors (Lipinski definition) is 0. The lowest BCUT2D eigenvalue weighted by atomic mass is 10.0. The third kappa shape index (κ3) is 3.23. The Balaban J connectivity index is 1.88. The maximum atomic E-state index is 5.64. The van der Waals surface area contributed by atoms with E-state index in [2.05, 4.69) is 54.6 Å². The zero-order valence-corrected chi connectivity index (χ0v) is 12.1. The molecule has 0 saturated carbocycles. The number of benzene rings is 3. The second-order valence-electron chi connectivity index (χ2n) is 4.93. The first-order valence-electron chi connectivity index (χ1n) is 7.08. The van der Waals surface area contributed by atoms with Gasteiger partial charge in [0.05, 0.1) is 6.61 Å². The fourth-order valence-corrected chi connectivity index (χ4v) is 2.37. The summed E-state index contributed by atoms with van der Waals surface area (Å²) in [6.45, 7) is 1.18. The summed E-state index contributed by atoms with van der Waals surface area (Å²) < 4.78 is 10.6. The summed E-state index contributed by atoms with van der Waals surface area (Å²) in [4.78, 5) is 0. The van der Waals surface area contributed by atoms with E-state index in [-0.39, 0.29) is 0 Å². The number of methoxy groups -OCH3 is 1. The SMILES string of the molecule is COCCOc1ccc2cc(-c3ccccc3)ccc2c1. The Labute approximate surface area is 124 Å². The van der Waals surface area contributed by atoms with Gasteiger partial charge in [0, 0.05) is 7.11 Å². The fourth-order valence-electron chi connectivity index (χ4n) is 2.37. The molecular weight excluding hydrogens is 260 g/mol. The van der Waals surface area contributed by atoms with Gasteiger partial charge >= 0.3 is 0 Å². The number of rotatable bonds is 5. The molecule has 3 aromatic carbocycles. The van der Waals surface area contributed by atoms with E-state index in [0.29, 0.717) is 13.2 Å². The Morgan fingerprint density at radius 1 is 0.714 bits per heavy atom. The van der Waals surface area contributed by atoms with Crippen molar-refractivity contribution in [2.75, 3.05) is 20.3 Å². The standard InChI is InChI=1S/C19H18O2/c1-20-11-12-21-19-10-9-17-13-16(7-8-18(17)14-19)15-5-3-2-4-6-15/h2-10,13-14H,11-12H2,1H3. The van der Waals surface area contributed by atoms with Gasteiger partial charge < -0.3 is 9.47 Å². The van der Waals surface area contributed by atoms with Crippen molar-refractivity contribution in [3.05, 3.63) is 66.7 Å². The second-order valence-corrected chi connectivity index (χ2v) is 4.93. The van der Waals surface area contributed by atoms with Gasteiger partial charge in [-0.05, 0) is 40.1 Å². The van der Waals surface area contributed by atoms with Crippen LogP contribution in [0.5, 0.6) is 5.75 Å². The lowest BCUT2D eigenvalue weighted by molar-refractivity contribution is 0.146. The highest BCUT2D eigenvalue weighted by Gasteiger charge is 2.01. The van der Waals surface area contributed by atoms with Crippen molar-refractivity contribution < 1.29 is 9.47 Å². The van der Waals surface area contributed by atoms with Crippen molar-refractivity contribution >= 4 is 10.8 Å². The number of hydrogen-bond acceptors (Lipinski definition) is 2. The molecule has 0 bridgehead atoms. The van der Waals surface area contributed by atoms with Gasteiger partial charge in [-0.25, -0.2) is 0 Å². The third-order valence-electron chi connectivity index (χ3n) is 3.48. The first kappa shape index (κ1) is 13.7. The van der Waals surface area contributed by atoms with E-state index in [1.807, 2.05) is 12.1 Å². The average Bonchev–Trinajstić information content (AvgIpc) is 2.55. The van der Waals surface area contributed by atoms with E-state index in [0.717, 1.165) is 5.75 Å². The van der Waals surface area contributed by atoms with Crippen LogP contribution in [0.2, 0.25) is 0 Å². The lowest BCUT2D eigenvalue weighted by Crippen LogP contribution is -2.03. The van der Waals surface area contributed by atoms with Crippen LogP contribution in [0.1, 0.15) is 0 Å². The Morgan fingerprint density at radius 2 is 1.48 bits per heavy atom. The molecule has 0 aliphatic heterocycles. The largest absolute Gasteiger partial charge is 0.491 e. The van der Waals surface area contributed by atoms with Crippen molar-refractivity contribution in [2.24, 2.45) is 0 Å². The van der Waals surface area contributed by atoms with Gasteiger partial charge in [-0.1, -0.05) is 48.5 Å². The molecule has 0 amide bonds. The van der Waals surface area contributed by atoms with E-state index in [9.17, 15) is 0 Å². The molecule has 0 spiro atoms. The molecule has 2 nitrogen and oxygen atoms in total. The molecular formula is C19H18O2. The Kier molecular flexibility index (Phi) is 4.17. The topological polar surface area (TPSA) is 18.5 Å². The molecule has 21 heavy (non-hydrogen) atoms. The molecule has 106 valence electrons. The van der Waals surface area contributed by atoms with Gasteiger partial charge in [-0.2, -0.15) is 0 Å². The molecule has 0 heterocycles. The molecule has 0 unspecified atom stereocenters. The Morgan fingerprint density at radius 3 is 2.29 bits per heavy atom. The summed E-state index contributed by atoms with van der Waals surface area (Å²) in [5, 5.41) is 2.40. The minimum Gasteiger partial charge on any atom is -0.491 e. The lowest BCUT2D eigenvalue weighted by Gasteiger charge is -2.08. The first-order chi connectivity index (χ1) is 10.4. The summed E-state index contributed by atoms with van der Waals surface area (Å²) in [6, 6.07) is 23.1. The van der Waals surface area contributed by atoms with Gasteiger partial charge in [-0.3, -0.25) is 0 Å². The normalized spacial score (nSPS) is 10.7. The molecule has 0 saturated heterocycles. The van der Waals surface area contributed by atoms with Crippen LogP contribution < -0.4 is 4.74 Å². The summed E-state index contributed by atoms with van der Waals surface area (Å²) in [6.07, 6.45) is 0. The maximum Gasteiger partial charge on any atom is 0.120 e. The van der Waals surface area contributed by atoms with Crippen LogP contribution in [0.3, 0.4) is 0 Å². The van der Waals surface area contributed by atoms with E-state index < -0.39 is 0 Å². The van der Waals surface area contributed by atoms with E-state index in [1.165, 1.54) is 21.9 Å². The van der Waals surface area contributed by atoms with Crippen LogP contribution in [0.4, 0.5) is 0 Å². The van der Waals surface area contributed by atoms with Crippen molar-refractivity contribution in [2.45, 2.75) is 0 Å². The molecule has 0 N–H and O–H groups in total. The average molecular weight is 278 g/mol. The minimum absolute atomic E-state index is 0.574. The molecule has 0 fully saturated rings. The quantitative estimate of drug-likeness (QED) is 0.638.